The van der Waals surface area contributed by atoms with Crippen molar-refractivity contribution in [3.05, 3.63) is 54.1 Å². The maximum atomic E-state index is 11.8. The van der Waals surface area contributed by atoms with Crippen LogP contribution in [0.25, 0.3) is 11.0 Å². The van der Waals surface area contributed by atoms with E-state index in [0.717, 1.165) is 11.0 Å². The van der Waals surface area contributed by atoms with Gasteiger partial charge in [-0.05, 0) is 29.8 Å². The van der Waals surface area contributed by atoms with Crippen LogP contribution in [-0.2, 0) is 11.3 Å². The van der Waals surface area contributed by atoms with Crippen molar-refractivity contribution in [1.82, 2.24) is 20.4 Å². The van der Waals surface area contributed by atoms with E-state index in [2.05, 4.69) is 20.8 Å². The molecule has 0 aliphatic carbocycles. The predicted octanol–water partition coefficient (Wildman–Crippen LogP) is 1.68. The molecule has 116 valence electrons. The second kappa shape index (κ2) is 6.69. The van der Waals surface area contributed by atoms with E-state index < -0.39 is 0 Å². The first-order chi connectivity index (χ1) is 11.2. The minimum atomic E-state index is -0.221. The van der Waals surface area contributed by atoms with Crippen LogP contribution < -0.4 is 5.43 Å². The Bertz CT molecular complexity index is 856. The summed E-state index contributed by atoms with van der Waals surface area (Å²) in [7, 11) is 0. The molecule has 2 aromatic carbocycles. The number of phenols is 1. The maximum Gasteiger partial charge on any atom is 0.241 e. The molecule has 0 aliphatic heterocycles. The molecule has 23 heavy (non-hydrogen) atoms. The molecule has 0 spiro atoms. The molecule has 0 saturated carbocycles. The van der Waals surface area contributed by atoms with Gasteiger partial charge in [0.25, 0.3) is 0 Å². The SMILES string of the molecule is O=C(CCn1nnc2ccccc21)N/N=C\c1cccc(O)c1. The fraction of sp³-hybridized carbons (Fsp3) is 0.125. The zero-order valence-corrected chi connectivity index (χ0v) is 12.3. The minimum Gasteiger partial charge on any atom is -0.508 e. The number of phenolic OH excluding ortho intramolecular Hbond substituents is 1. The van der Waals surface area contributed by atoms with E-state index in [1.165, 1.54) is 6.21 Å². The minimum absolute atomic E-state index is 0.151. The van der Waals surface area contributed by atoms with Gasteiger partial charge in [-0.3, -0.25) is 4.79 Å². The standard InChI is InChI=1S/C16H15N5O2/c22-13-5-3-4-12(10-13)11-17-19-16(23)8-9-21-15-7-2-1-6-14(15)18-20-21/h1-7,10-11,22H,8-9H2,(H,19,23)/b17-11-. The van der Waals surface area contributed by atoms with E-state index in [4.69, 9.17) is 0 Å². The summed E-state index contributed by atoms with van der Waals surface area (Å²) in [6.45, 7) is 0.425. The lowest BCUT2D eigenvalue weighted by molar-refractivity contribution is -0.121. The van der Waals surface area contributed by atoms with Crippen molar-refractivity contribution in [3.8, 4) is 5.75 Å². The summed E-state index contributed by atoms with van der Waals surface area (Å²) < 4.78 is 1.69. The number of carbonyl (C=O) groups excluding carboxylic acids is 1. The van der Waals surface area contributed by atoms with Crippen LogP contribution in [0.1, 0.15) is 12.0 Å². The van der Waals surface area contributed by atoms with Crippen LogP contribution in [-0.4, -0.2) is 32.2 Å². The third kappa shape index (κ3) is 3.70. The molecular weight excluding hydrogens is 294 g/mol. The number of amides is 1. The summed E-state index contributed by atoms with van der Waals surface area (Å²) in [4.78, 5) is 11.8. The zero-order chi connectivity index (χ0) is 16.1. The van der Waals surface area contributed by atoms with Crippen LogP contribution in [0.5, 0.6) is 5.75 Å². The van der Waals surface area contributed by atoms with Gasteiger partial charge in [0.15, 0.2) is 0 Å². The lowest BCUT2D eigenvalue weighted by Crippen LogP contribution is -2.19. The van der Waals surface area contributed by atoms with E-state index in [1.807, 2.05) is 24.3 Å². The maximum absolute atomic E-state index is 11.8. The van der Waals surface area contributed by atoms with Gasteiger partial charge in [0.05, 0.1) is 18.3 Å². The number of nitrogens with zero attached hydrogens (tertiary/aromatic N) is 4. The number of rotatable bonds is 5. The Balaban J connectivity index is 1.54. The van der Waals surface area contributed by atoms with Crippen molar-refractivity contribution in [2.24, 2.45) is 5.10 Å². The highest BCUT2D eigenvalue weighted by molar-refractivity contribution is 5.82. The number of hydrazone groups is 1. The van der Waals surface area contributed by atoms with Crippen LogP contribution in [0.4, 0.5) is 0 Å². The molecule has 0 saturated heterocycles. The van der Waals surface area contributed by atoms with Crippen molar-refractivity contribution < 1.29 is 9.90 Å². The molecule has 0 unspecified atom stereocenters. The summed E-state index contributed by atoms with van der Waals surface area (Å²) >= 11 is 0. The number of hydrogen-bond acceptors (Lipinski definition) is 5. The molecule has 7 heteroatoms. The Morgan fingerprint density at radius 3 is 3.00 bits per heavy atom. The molecule has 0 aliphatic rings. The highest BCUT2D eigenvalue weighted by Crippen LogP contribution is 2.10. The first-order valence-electron chi connectivity index (χ1n) is 7.11. The fourth-order valence-corrected chi connectivity index (χ4v) is 2.13. The monoisotopic (exact) mass is 309 g/mol. The number of hydrogen-bond donors (Lipinski definition) is 2. The average molecular weight is 309 g/mol. The summed E-state index contributed by atoms with van der Waals surface area (Å²) in [6.07, 6.45) is 1.72. The highest BCUT2D eigenvalue weighted by Gasteiger charge is 2.05. The molecule has 1 heterocycles. The number of aromatic nitrogens is 3. The summed E-state index contributed by atoms with van der Waals surface area (Å²) in [5, 5.41) is 21.3. The van der Waals surface area contributed by atoms with Gasteiger partial charge in [0.1, 0.15) is 11.3 Å². The number of para-hydroxylation sites is 1. The van der Waals surface area contributed by atoms with E-state index in [1.54, 1.807) is 28.9 Å². The molecule has 3 rings (SSSR count). The lowest BCUT2D eigenvalue weighted by Gasteiger charge is -2.01. The van der Waals surface area contributed by atoms with Crippen molar-refractivity contribution in [2.75, 3.05) is 0 Å². The van der Waals surface area contributed by atoms with Crippen LogP contribution in [0.3, 0.4) is 0 Å². The summed E-state index contributed by atoms with van der Waals surface area (Å²) in [5.41, 5.74) is 4.84. The van der Waals surface area contributed by atoms with Gasteiger partial charge in [-0.1, -0.05) is 29.5 Å². The number of aryl methyl sites for hydroxylation is 1. The smallest absolute Gasteiger partial charge is 0.241 e. The number of fused-ring (bicyclic) bond motifs is 1. The van der Waals surface area contributed by atoms with Gasteiger partial charge in [0.2, 0.25) is 5.91 Å². The molecular formula is C16H15N5O2. The Morgan fingerprint density at radius 1 is 1.26 bits per heavy atom. The van der Waals surface area contributed by atoms with Gasteiger partial charge >= 0.3 is 0 Å². The normalized spacial score (nSPS) is 11.1. The van der Waals surface area contributed by atoms with Crippen molar-refractivity contribution in [1.29, 1.82) is 0 Å². The van der Waals surface area contributed by atoms with E-state index in [-0.39, 0.29) is 18.1 Å². The molecule has 2 N–H and O–H groups in total. The molecule has 1 amide bonds. The lowest BCUT2D eigenvalue weighted by atomic mass is 10.2. The average Bonchev–Trinajstić information content (AvgIpc) is 2.96. The first kappa shape index (κ1) is 14.7. The number of carbonyl (C=O) groups is 1. The Hall–Kier alpha value is -3.22. The fourth-order valence-electron chi connectivity index (χ4n) is 2.13. The molecule has 0 bridgehead atoms. The third-order valence-corrected chi connectivity index (χ3v) is 3.24. The quantitative estimate of drug-likeness (QED) is 0.554. The van der Waals surface area contributed by atoms with E-state index in [9.17, 15) is 9.90 Å². The predicted molar refractivity (Wildman–Crippen MR) is 86.0 cm³/mol. The molecule has 0 atom stereocenters. The molecule has 0 radical (unpaired) electrons. The van der Waals surface area contributed by atoms with Gasteiger partial charge in [-0.2, -0.15) is 5.10 Å². The van der Waals surface area contributed by atoms with Crippen LogP contribution in [0.2, 0.25) is 0 Å². The van der Waals surface area contributed by atoms with Gasteiger partial charge < -0.3 is 5.11 Å². The van der Waals surface area contributed by atoms with Crippen LogP contribution in [0.15, 0.2) is 53.6 Å². The third-order valence-electron chi connectivity index (χ3n) is 3.24. The second-order valence-electron chi connectivity index (χ2n) is 4.94. The summed E-state index contributed by atoms with van der Waals surface area (Å²) in [5.74, 6) is -0.0701. The molecule has 1 aromatic heterocycles. The van der Waals surface area contributed by atoms with Gasteiger partial charge in [0, 0.05) is 6.42 Å². The van der Waals surface area contributed by atoms with E-state index >= 15 is 0 Å². The number of aromatic hydroxyl groups is 1. The van der Waals surface area contributed by atoms with Crippen molar-refractivity contribution >= 4 is 23.2 Å². The molecule has 3 aromatic rings. The van der Waals surface area contributed by atoms with Crippen LogP contribution >= 0.6 is 0 Å². The largest absolute Gasteiger partial charge is 0.508 e. The Kier molecular flexibility index (Phi) is 4.28. The van der Waals surface area contributed by atoms with Crippen LogP contribution in [0, 0.1) is 0 Å². The Morgan fingerprint density at radius 2 is 2.13 bits per heavy atom. The number of nitrogens with one attached hydrogen (secondary N) is 1. The molecule has 0 fully saturated rings. The zero-order valence-electron chi connectivity index (χ0n) is 12.3. The topological polar surface area (TPSA) is 92.4 Å². The number of benzene rings is 2. The summed E-state index contributed by atoms with van der Waals surface area (Å²) in [6, 6.07) is 14.2. The highest BCUT2D eigenvalue weighted by atomic mass is 16.3. The first-order valence-corrected chi connectivity index (χ1v) is 7.11. The van der Waals surface area contributed by atoms with E-state index in [0.29, 0.717) is 12.1 Å². The molecule has 7 nitrogen and oxygen atoms in total. The van der Waals surface area contributed by atoms with Crippen molar-refractivity contribution in [3.63, 3.8) is 0 Å². The van der Waals surface area contributed by atoms with Gasteiger partial charge in [-0.25, -0.2) is 10.1 Å². The Labute approximate surface area is 132 Å². The van der Waals surface area contributed by atoms with Gasteiger partial charge in [-0.15, -0.1) is 5.10 Å². The second-order valence-corrected chi connectivity index (χ2v) is 4.94. The van der Waals surface area contributed by atoms with Crippen molar-refractivity contribution in [2.45, 2.75) is 13.0 Å².